The second-order valence-corrected chi connectivity index (χ2v) is 3.98. The predicted octanol–water partition coefficient (Wildman–Crippen LogP) is 0.194. The van der Waals surface area contributed by atoms with E-state index in [1.807, 2.05) is 6.92 Å². The van der Waals surface area contributed by atoms with Crippen molar-refractivity contribution in [2.75, 3.05) is 38.7 Å². The molecule has 0 amide bonds. The van der Waals surface area contributed by atoms with E-state index in [9.17, 15) is 0 Å². The quantitative estimate of drug-likeness (QED) is 0.780. The molecule has 2 N–H and O–H groups in total. The summed E-state index contributed by atoms with van der Waals surface area (Å²) in [5.74, 6) is 1.17. The molecule has 1 aliphatic rings. The minimum absolute atomic E-state index is 0.304. The van der Waals surface area contributed by atoms with Gasteiger partial charge < -0.3 is 20.1 Å². The van der Waals surface area contributed by atoms with Gasteiger partial charge in [0.2, 0.25) is 11.8 Å². The predicted molar refractivity (Wildman–Crippen MR) is 64.4 cm³/mol. The average Bonchev–Trinajstić information content (AvgIpc) is 2.37. The average molecular weight is 238 g/mol. The number of aromatic nitrogens is 2. The number of anilines is 1. The van der Waals surface area contributed by atoms with Crippen LogP contribution in [-0.2, 0) is 4.74 Å². The van der Waals surface area contributed by atoms with Crippen molar-refractivity contribution >= 4 is 5.95 Å². The van der Waals surface area contributed by atoms with Gasteiger partial charge in [-0.2, -0.15) is 4.98 Å². The number of aryl methyl sites for hydroxylation is 1. The van der Waals surface area contributed by atoms with Crippen molar-refractivity contribution in [2.24, 2.45) is 0 Å². The van der Waals surface area contributed by atoms with E-state index in [1.54, 1.807) is 13.2 Å². The highest BCUT2D eigenvalue weighted by molar-refractivity contribution is 5.30. The first-order valence-corrected chi connectivity index (χ1v) is 5.72. The third-order valence-electron chi connectivity index (χ3n) is 2.54. The highest BCUT2D eigenvalue weighted by Gasteiger charge is 2.13. The summed E-state index contributed by atoms with van der Waals surface area (Å²) in [6, 6.07) is 2.10. The summed E-state index contributed by atoms with van der Waals surface area (Å²) in [6.45, 7) is 5.05. The number of ether oxygens (including phenoxy) is 2. The summed E-state index contributed by atoms with van der Waals surface area (Å²) >= 11 is 0. The minimum Gasteiger partial charge on any atom is -0.481 e. The van der Waals surface area contributed by atoms with E-state index in [0.29, 0.717) is 17.9 Å². The van der Waals surface area contributed by atoms with Gasteiger partial charge in [-0.3, -0.25) is 0 Å². The normalized spacial score (nSPS) is 20.0. The molecule has 94 valence electrons. The van der Waals surface area contributed by atoms with Crippen LogP contribution >= 0.6 is 0 Å². The van der Waals surface area contributed by atoms with Crippen molar-refractivity contribution < 1.29 is 9.47 Å². The fourth-order valence-corrected chi connectivity index (χ4v) is 1.69. The van der Waals surface area contributed by atoms with Crippen LogP contribution in [0, 0.1) is 6.92 Å². The zero-order chi connectivity index (χ0) is 12.1. The second-order valence-electron chi connectivity index (χ2n) is 3.98. The SMILES string of the molecule is COc1cc(C)nc(NCC2COCCN2)n1. The molecule has 1 fully saturated rings. The lowest BCUT2D eigenvalue weighted by Gasteiger charge is -2.23. The summed E-state index contributed by atoms with van der Waals surface area (Å²) in [5, 5.41) is 6.54. The van der Waals surface area contributed by atoms with E-state index in [1.165, 1.54) is 0 Å². The Labute approximate surface area is 101 Å². The zero-order valence-electron chi connectivity index (χ0n) is 10.2. The zero-order valence-corrected chi connectivity index (χ0v) is 10.2. The molecule has 0 radical (unpaired) electrons. The number of hydrogen-bond donors (Lipinski definition) is 2. The number of nitrogens with one attached hydrogen (secondary N) is 2. The molecular weight excluding hydrogens is 220 g/mol. The second kappa shape index (κ2) is 5.79. The van der Waals surface area contributed by atoms with Crippen LogP contribution in [0.5, 0.6) is 5.88 Å². The van der Waals surface area contributed by atoms with Gasteiger partial charge in [-0.05, 0) is 6.92 Å². The Morgan fingerprint density at radius 1 is 1.59 bits per heavy atom. The molecule has 1 aromatic rings. The molecule has 1 unspecified atom stereocenters. The topological polar surface area (TPSA) is 68.3 Å². The molecule has 2 heterocycles. The van der Waals surface area contributed by atoms with Crippen molar-refractivity contribution in [2.45, 2.75) is 13.0 Å². The van der Waals surface area contributed by atoms with E-state index >= 15 is 0 Å². The van der Waals surface area contributed by atoms with Crippen LogP contribution in [0.1, 0.15) is 5.69 Å². The molecule has 1 aromatic heterocycles. The lowest BCUT2D eigenvalue weighted by Crippen LogP contribution is -2.45. The molecule has 1 saturated heterocycles. The number of nitrogens with zero attached hydrogens (tertiary/aromatic N) is 2. The summed E-state index contributed by atoms with van der Waals surface area (Å²) in [7, 11) is 1.60. The fourth-order valence-electron chi connectivity index (χ4n) is 1.69. The lowest BCUT2D eigenvalue weighted by molar-refractivity contribution is 0.0806. The molecule has 2 rings (SSSR count). The maximum atomic E-state index is 5.37. The van der Waals surface area contributed by atoms with Gasteiger partial charge in [0.05, 0.1) is 20.3 Å². The van der Waals surface area contributed by atoms with Gasteiger partial charge in [-0.25, -0.2) is 4.98 Å². The van der Waals surface area contributed by atoms with E-state index in [-0.39, 0.29) is 0 Å². The fraction of sp³-hybridized carbons (Fsp3) is 0.636. The van der Waals surface area contributed by atoms with E-state index in [0.717, 1.165) is 32.0 Å². The molecule has 1 aliphatic heterocycles. The molecule has 6 heteroatoms. The Hall–Kier alpha value is -1.40. The van der Waals surface area contributed by atoms with Gasteiger partial charge in [-0.1, -0.05) is 0 Å². The monoisotopic (exact) mass is 238 g/mol. The van der Waals surface area contributed by atoms with Crippen molar-refractivity contribution in [1.82, 2.24) is 15.3 Å². The largest absolute Gasteiger partial charge is 0.481 e. The first kappa shape index (κ1) is 12.1. The summed E-state index contributed by atoms with van der Waals surface area (Å²) in [5.41, 5.74) is 0.882. The van der Waals surface area contributed by atoms with E-state index in [2.05, 4.69) is 20.6 Å². The lowest BCUT2D eigenvalue weighted by atomic mass is 10.3. The third-order valence-corrected chi connectivity index (χ3v) is 2.54. The smallest absolute Gasteiger partial charge is 0.226 e. The van der Waals surface area contributed by atoms with Gasteiger partial charge in [0, 0.05) is 30.9 Å². The Bertz CT molecular complexity index is 366. The molecular formula is C11H18N4O2. The summed E-state index contributed by atoms with van der Waals surface area (Å²) < 4.78 is 10.5. The first-order valence-electron chi connectivity index (χ1n) is 5.72. The van der Waals surface area contributed by atoms with Crippen LogP contribution < -0.4 is 15.4 Å². The summed E-state index contributed by atoms with van der Waals surface area (Å²) in [4.78, 5) is 8.52. The highest BCUT2D eigenvalue weighted by atomic mass is 16.5. The highest BCUT2D eigenvalue weighted by Crippen LogP contribution is 2.11. The van der Waals surface area contributed by atoms with Gasteiger partial charge in [-0.15, -0.1) is 0 Å². The van der Waals surface area contributed by atoms with E-state index < -0.39 is 0 Å². The minimum atomic E-state index is 0.304. The van der Waals surface area contributed by atoms with Crippen LogP contribution in [0.3, 0.4) is 0 Å². The van der Waals surface area contributed by atoms with Gasteiger partial charge >= 0.3 is 0 Å². The molecule has 0 spiro atoms. The Balaban J connectivity index is 1.91. The van der Waals surface area contributed by atoms with Crippen LogP contribution in [0.15, 0.2) is 6.07 Å². The van der Waals surface area contributed by atoms with Crippen molar-refractivity contribution in [3.05, 3.63) is 11.8 Å². The molecule has 6 nitrogen and oxygen atoms in total. The molecule has 0 aromatic carbocycles. The third kappa shape index (κ3) is 3.54. The van der Waals surface area contributed by atoms with Gasteiger partial charge in [0.25, 0.3) is 0 Å². The van der Waals surface area contributed by atoms with Gasteiger partial charge in [0.1, 0.15) is 0 Å². The van der Waals surface area contributed by atoms with E-state index in [4.69, 9.17) is 9.47 Å². The maximum Gasteiger partial charge on any atom is 0.226 e. The van der Waals surface area contributed by atoms with Crippen molar-refractivity contribution in [1.29, 1.82) is 0 Å². The number of hydrogen-bond acceptors (Lipinski definition) is 6. The molecule has 0 saturated carbocycles. The Morgan fingerprint density at radius 3 is 3.18 bits per heavy atom. The molecule has 0 aliphatic carbocycles. The Kier molecular flexibility index (Phi) is 4.11. The standard InChI is InChI=1S/C11H18N4O2/c1-8-5-10(16-2)15-11(14-8)13-6-9-7-17-4-3-12-9/h5,9,12H,3-4,6-7H2,1-2H3,(H,13,14,15). The Morgan fingerprint density at radius 2 is 2.47 bits per heavy atom. The van der Waals surface area contributed by atoms with Crippen LogP contribution in [0.4, 0.5) is 5.95 Å². The van der Waals surface area contributed by atoms with Crippen LogP contribution in [-0.4, -0.2) is 49.4 Å². The number of morpholine rings is 1. The first-order chi connectivity index (χ1) is 8.28. The van der Waals surface area contributed by atoms with Gasteiger partial charge in [0.15, 0.2) is 0 Å². The molecule has 0 bridgehead atoms. The maximum absolute atomic E-state index is 5.37. The molecule has 17 heavy (non-hydrogen) atoms. The number of rotatable bonds is 4. The van der Waals surface area contributed by atoms with Crippen LogP contribution in [0.25, 0.3) is 0 Å². The molecule has 1 atom stereocenters. The number of methoxy groups -OCH3 is 1. The van der Waals surface area contributed by atoms with Crippen molar-refractivity contribution in [3.63, 3.8) is 0 Å². The summed E-state index contributed by atoms with van der Waals surface area (Å²) in [6.07, 6.45) is 0. The van der Waals surface area contributed by atoms with Crippen LogP contribution in [0.2, 0.25) is 0 Å². The van der Waals surface area contributed by atoms with Crippen molar-refractivity contribution in [3.8, 4) is 5.88 Å².